The van der Waals surface area contributed by atoms with E-state index in [-0.39, 0.29) is 30.0 Å². The van der Waals surface area contributed by atoms with Gasteiger partial charge in [-0.2, -0.15) is 0 Å². The number of nitrogens with one attached hydrogen (secondary N) is 2. The van der Waals surface area contributed by atoms with E-state index in [0.29, 0.717) is 6.04 Å². The van der Waals surface area contributed by atoms with Crippen molar-refractivity contribution in [1.82, 2.24) is 15.5 Å². The van der Waals surface area contributed by atoms with E-state index in [9.17, 15) is 0 Å². The molecule has 23 heavy (non-hydrogen) atoms. The molecule has 2 rings (SSSR count). The number of furan rings is 1. The van der Waals surface area contributed by atoms with Crippen LogP contribution in [0, 0.1) is 6.92 Å². The SMILES string of the molecule is CCNC(=NCC(c1ccc(C)o1)N1CCCC1)NC(C)C.I. The lowest BCUT2D eigenvalue weighted by Crippen LogP contribution is -2.41. The van der Waals surface area contributed by atoms with Gasteiger partial charge in [0.15, 0.2) is 5.96 Å². The molecule has 1 aromatic rings. The van der Waals surface area contributed by atoms with Crippen LogP contribution in [-0.4, -0.2) is 43.1 Å². The summed E-state index contributed by atoms with van der Waals surface area (Å²) in [7, 11) is 0. The molecule has 6 heteroatoms. The zero-order valence-corrected chi connectivity index (χ0v) is 17.1. The molecule has 1 aliphatic rings. The van der Waals surface area contributed by atoms with E-state index >= 15 is 0 Å². The van der Waals surface area contributed by atoms with Gasteiger partial charge < -0.3 is 15.1 Å². The van der Waals surface area contributed by atoms with Gasteiger partial charge in [0.05, 0.1) is 12.6 Å². The number of rotatable bonds is 6. The second-order valence-corrected chi connectivity index (χ2v) is 6.23. The Hall–Kier alpha value is -0.760. The van der Waals surface area contributed by atoms with Crippen LogP contribution < -0.4 is 10.6 Å². The molecule has 0 saturated carbocycles. The van der Waals surface area contributed by atoms with E-state index in [1.165, 1.54) is 12.8 Å². The summed E-state index contributed by atoms with van der Waals surface area (Å²) >= 11 is 0. The van der Waals surface area contributed by atoms with Gasteiger partial charge in [-0.3, -0.25) is 9.89 Å². The van der Waals surface area contributed by atoms with Crippen LogP contribution in [0.1, 0.15) is 51.2 Å². The fraction of sp³-hybridized carbons (Fsp3) is 0.706. The van der Waals surface area contributed by atoms with Crippen LogP contribution in [0.25, 0.3) is 0 Å². The van der Waals surface area contributed by atoms with Crippen molar-refractivity contribution in [1.29, 1.82) is 0 Å². The minimum absolute atomic E-state index is 0. The van der Waals surface area contributed by atoms with Crippen molar-refractivity contribution in [3.63, 3.8) is 0 Å². The second kappa shape index (κ2) is 10.2. The molecule has 0 spiro atoms. The molecule has 0 aliphatic carbocycles. The van der Waals surface area contributed by atoms with Crippen molar-refractivity contribution >= 4 is 29.9 Å². The van der Waals surface area contributed by atoms with Gasteiger partial charge in [0.25, 0.3) is 0 Å². The van der Waals surface area contributed by atoms with Gasteiger partial charge in [-0.25, -0.2) is 0 Å². The molecule has 1 unspecified atom stereocenters. The number of halogens is 1. The number of guanidine groups is 1. The molecule has 0 amide bonds. The molecule has 1 atom stereocenters. The van der Waals surface area contributed by atoms with Gasteiger partial charge in [-0.15, -0.1) is 24.0 Å². The molecule has 2 heterocycles. The van der Waals surface area contributed by atoms with Crippen molar-refractivity contribution in [2.45, 2.75) is 52.6 Å². The van der Waals surface area contributed by atoms with E-state index < -0.39 is 0 Å². The van der Waals surface area contributed by atoms with Crippen LogP contribution in [0.5, 0.6) is 0 Å². The molecule has 0 bridgehead atoms. The Morgan fingerprint density at radius 3 is 2.52 bits per heavy atom. The van der Waals surface area contributed by atoms with Crippen LogP contribution >= 0.6 is 24.0 Å². The fourth-order valence-electron chi connectivity index (χ4n) is 2.84. The third-order valence-corrected chi connectivity index (χ3v) is 3.86. The van der Waals surface area contributed by atoms with Crippen LogP contribution in [0.15, 0.2) is 21.5 Å². The maximum atomic E-state index is 5.88. The van der Waals surface area contributed by atoms with Gasteiger partial charge in [-0.1, -0.05) is 0 Å². The summed E-state index contributed by atoms with van der Waals surface area (Å²) in [6, 6.07) is 4.74. The highest BCUT2D eigenvalue weighted by Crippen LogP contribution is 2.26. The minimum atomic E-state index is 0. The van der Waals surface area contributed by atoms with Crippen LogP contribution in [0.3, 0.4) is 0 Å². The molecule has 1 aromatic heterocycles. The number of aliphatic imine (C=N–C) groups is 1. The summed E-state index contributed by atoms with van der Waals surface area (Å²) in [5, 5.41) is 6.68. The normalized spacial score (nSPS) is 17.2. The topological polar surface area (TPSA) is 52.8 Å². The van der Waals surface area contributed by atoms with Gasteiger partial charge in [-0.05, 0) is 65.8 Å². The average Bonchev–Trinajstić information content (AvgIpc) is 3.11. The summed E-state index contributed by atoms with van der Waals surface area (Å²) in [5.41, 5.74) is 0. The van der Waals surface area contributed by atoms with E-state index in [1.54, 1.807) is 0 Å². The van der Waals surface area contributed by atoms with Gasteiger partial charge in [0.2, 0.25) is 0 Å². The lowest BCUT2D eigenvalue weighted by molar-refractivity contribution is 0.219. The third kappa shape index (κ3) is 6.33. The van der Waals surface area contributed by atoms with E-state index in [2.05, 4.69) is 42.4 Å². The molecular weight excluding hydrogens is 403 g/mol. The second-order valence-electron chi connectivity index (χ2n) is 6.23. The van der Waals surface area contributed by atoms with Crippen LogP contribution in [0.2, 0.25) is 0 Å². The molecule has 1 saturated heterocycles. The predicted octanol–water partition coefficient (Wildman–Crippen LogP) is 3.31. The first kappa shape index (κ1) is 20.3. The first-order valence-corrected chi connectivity index (χ1v) is 8.45. The number of nitrogens with zero attached hydrogens (tertiary/aromatic N) is 2. The standard InChI is InChI=1S/C17H30N4O.HI/c1-5-18-17(20-13(2)3)19-12-15(21-10-6-7-11-21)16-9-8-14(4)22-16;/h8-9,13,15H,5-7,10-12H2,1-4H3,(H2,18,19,20);1H. The Bertz CT molecular complexity index is 481. The number of hydrogen-bond acceptors (Lipinski definition) is 3. The molecule has 132 valence electrons. The largest absolute Gasteiger partial charge is 0.465 e. The van der Waals surface area contributed by atoms with Crippen molar-refractivity contribution in [2.75, 3.05) is 26.2 Å². The maximum absolute atomic E-state index is 5.88. The lowest BCUT2D eigenvalue weighted by Gasteiger charge is -2.25. The number of hydrogen-bond donors (Lipinski definition) is 2. The van der Waals surface area contributed by atoms with Crippen molar-refractivity contribution < 1.29 is 4.42 Å². The van der Waals surface area contributed by atoms with Crippen molar-refractivity contribution in [3.05, 3.63) is 23.7 Å². The van der Waals surface area contributed by atoms with Crippen LogP contribution in [-0.2, 0) is 0 Å². The Labute approximate surface area is 157 Å². The third-order valence-electron chi connectivity index (χ3n) is 3.86. The van der Waals surface area contributed by atoms with Crippen molar-refractivity contribution in [2.24, 2.45) is 4.99 Å². The Kier molecular flexibility index (Phi) is 8.98. The molecule has 0 aromatic carbocycles. The Morgan fingerprint density at radius 1 is 1.30 bits per heavy atom. The Balaban J connectivity index is 0.00000264. The van der Waals surface area contributed by atoms with Crippen molar-refractivity contribution in [3.8, 4) is 0 Å². The first-order valence-electron chi connectivity index (χ1n) is 8.45. The quantitative estimate of drug-likeness (QED) is 0.410. The molecule has 1 fully saturated rings. The predicted molar refractivity (Wildman–Crippen MR) is 107 cm³/mol. The molecule has 2 N–H and O–H groups in total. The zero-order chi connectivity index (χ0) is 15.9. The van der Waals surface area contributed by atoms with Crippen LogP contribution in [0.4, 0.5) is 0 Å². The summed E-state index contributed by atoms with van der Waals surface area (Å²) in [5.74, 6) is 2.88. The lowest BCUT2D eigenvalue weighted by atomic mass is 10.2. The summed E-state index contributed by atoms with van der Waals surface area (Å²) in [6.07, 6.45) is 2.54. The smallest absolute Gasteiger partial charge is 0.191 e. The molecular formula is C17H31IN4O. The monoisotopic (exact) mass is 434 g/mol. The van der Waals surface area contributed by atoms with Gasteiger partial charge in [0.1, 0.15) is 11.5 Å². The minimum Gasteiger partial charge on any atom is -0.465 e. The zero-order valence-electron chi connectivity index (χ0n) is 14.8. The molecule has 5 nitrogen and oxygen atoms in total. The summed E-state index contributed by atoms with van der Waals surface area (Å²) in [6.45, 7) is 12.2. The Morgan fingerprint density at radius 2 is 2.00 bits per heavy atom. The number of likely N-dealkylation sites (tertiary alicyclic amines) is 1. The molecule has 0 radical (unpaired) electrons. The van der Waals surface area contributed by atoms with Gasteiger partial charge >= 0.3 is 0 Å². The first-order chi connectivity index (χ1) is 10.6. The average molecular weight is 434 g/mol. The summed E-state index contributed by atoms with van der Waals surface area (Å²) in [4.78, 5) is 7.26. The fourth-order valence-corrected chi connectivity index (χ4v) is 2.84. The highest BCUT2D eigenvalue weighted by molar-refractivity contribution is 14.0. The molecule has 1 aliphatic heterocycles. The number of aryl methyl sites for hydroxylation is 1. The van der Waals surface area contributed by atoms with Gasteiger partial charge in [0, 0.05) is 12.6 Å². The highest BCUT2D eigenvalue weighted by atomic mass is 127. The van der Waals surface area contributed by atoms with E-state index in [1.807, 2.05) is 13.0 Å². The highest BCUT2D eigenvalue weighted by Gasteiger charge is 2.25. The maximum Gasteiger partial charge on any atom is 0.191 e. The van der Waals surface area contributed by atoms with E-state index in [4.69, 9.17) is 9.41 Å². The summed E-state index contributed by atoms with van der Waals surface area (Å²) < 4.78 is 5.88. The van der Waals surface area contributed by atoms with E-state index in [0.717, 1.165) is 43.7 Å².